The molecule has 0 atom stereocenters. The van der Waals surface area contributed by atoms with Crippen LogP contribution in [0.5, 0.6) is 0 Å². The van der Waals surface area contributed by atoms with Crippen LogP contribution in [0.25, 0.3) is 0 Å². The average molecular weight is 416 g/mol. The number of nitrogens with zero attached hydrogens (tertiary/aromatic N) is 3. The first-order chi connectivity index (χ1) is 14.0. The fraction of sp³-hybridized carbons (Fsp3) is 0.600. The third kappa shape index (κ3) is 2.74. The van der Waals surface area contributed by atoms with Crippen LogP contribution < -0.4 is 5.32 Å². The Morgan fingerprint density at radius 1 is 1.10 bits per heavy atom. The zero-order valence-electron chi connectivity index (χ0n) is 16.3. The van der Waals surface area contributed by atoms with Gasteiger partial charge in [0, 0.05) is 24.2 Å². The van der Waals surface area contributed by atoms with Gasteiger partial charge in [-0.25, -0.2) is 13.5 Å². The molecule has 2 aliphatic heterocycles. The smallest absolute Gasteiger partial charge is 0.278 e. The van der Waals surface area contributed by atoms with E-state index in [9.17, 15) is 8.42 Å². The van der Waals surface area contributed by atoms with E-state index in [4.69, 9.17) is 4.74 Å². The maximum atomic E-state index is 13.0. The van der Waals surface area contributed by atoms with Crippen molar-refractivity contribution >= 4 is 21.7 Å². The van der Waals surface area contributed by atoms with Crippen molar-refractivity contribution in [1.82, 2.24) is 19.5 Å². The van der Waals surface area contributed by atoms with E-state index < -0.39 is 10.0 Å². The minimum Gasteiger partial charge on any atom is -0.380 e. The summed E-state index contributed by atoms with van der Waals surface area (Å²) in [7, 11) is -3.67. The van der Waals surface area contributed by atoms with Gasteiger partial charge in [-0.3, -0.25) is 0 Å². The Labute approximate surface area is 170 Å². The first-order valence-electron chi connectivity index (χ1n) is 10.5. The molecule has 1 spiro atoms. The molecule has 4 aliphatic rings. The second kappa shape index (κ2) is 6.26. The van der Waals surface area contributed by atoms with Gasteiger partial charge in [-0.05, 0) is 67.2 Å². The molecule has 0 saturated carbocycles. The number of anilines is 2. The zero-order chi connectivity index (χ0) is 19.6. The Kier molecular flexibility index (Phi) is 3.86. The topological polar surface area (TPSA) is 100 Å². The number of fused-ring (bicyclic) bond motifs is 2. The molecule has 1 aromatic carbocycles. The molecule has 0 bridgehead atoms. The third-order valence-electron chi connectivity index (χ3n) is 6.98. The van der Waals surface area contributed by atoms with Crippen molar-refractivity contribution in [2.75, 3.05) is 31.6 Å². The minimum absolute atomic E-state index is 0.000676. The highest BCUT2D eigenvalue weighted by Crippen LogP contribution is 2.41. The molecule has 6 rings (SSSR count). The lowest BCUT2D eigenvalue weighted by molar-refractivity contribution is -0.102. The van der Waals surface area contributed by atoms with Crippen molar-refractivity contribution < 1.29 is 13.2 Å². The minimum atomic E-state index is -3.67. The maximum absolute atomic E-state index is 13.0. The Balaban J connectivity index is 1.28. The van der Waals surface area contributed by atoms with E-state index >= 15 is 0 Å². The van der Waals surface area contributed by atoms with Gasteiger partial charge >= 0.3 is 0 Å². The number of benzene rings is 1. The summed E-state index contributed by atoms with van der Waals surface area (Å²) in [6.07, 6.45) is 7.52. The largest absolute Gasteiger partial charge is 0.380 e. The molecule has 2 aliphatic carbocycles. The van der Waals surface area contributed by atoms with E-state index in [2.05, 4.69) is 26.6 Å². The second-order valence-electron chi connectivity index (χ2n) is 8.90. The number of hydrogen-bond donors (Lipinski definition) is 2. The molecule has 29 heavy (non-hydrogen) atoms. The van der Waals surface area contributed by atoms with Crippen LogP contribution in [-0.2, 0) is 40.4 Å². The van der Waals surface area contributed by atoms with Gasteiger partial charge in [0.25, 0.3) is 15.2 Å². The number of ether oxygens (including phenoxy) is 1. The van der Waals surface area contributed by atoms with Crippen LogP contribution in [0, 0.1) is 5.41 Å². The number of aromatic nitrogens is 3. The molecule has 2 N–H and O–H groups in total. The molecule has 8 nitrogen and oxygen atoms in total. The van der Waals surface area contributed by atoms with Crippen molar-refractivity contribution in [3.8, 4) is 0 Å². The Hall–Kier alpha value is -1.97. The lowest BCUT2D eigenvalue weighted by atomic mass is 9.86. The molecule has 0 amide bonds. The van der Waals surface area contributed by atoms with Gasteiger partial charge < -0.3 is 10.1 Å². The quantitative estimate of drug-likeness (QED) is 0.792. The molecule has 1 aromatic heterocycles. The molecular weight excluding hydrogens is 390 g/mol. The second-order valence-corrected chi connectivity index (χ2v) is 10.8. The first kappa shape index (κ1) is 17.9. The summed E-state index contributed by atoms with van der Waals surface area (Å²) in [6, 6.07) is 2.37. The van der Waals surface area contributed by atoms with Crippen LogP contribution in [-0.4, -0.2) is 54.2 Å². The van der Waals surface area contributed by atoms with E-state index in [1.54, 1.807) is 0 Å². The summed E-state index contributed by atoms with van der Waals surface area (Å²) in [5.41, 5.74) is 6.65. The van der Waals surface area contributed by atoms with Crippen molar-refractivity contribution in [2.45, 2.75) is 50.1 Å². The third-order valence-corrected chi connectivity index (χ3v) is 8.64. The molecule has 2 fully saturated rings. The lowest BCUT2D eigenvalue weighted by Gasteiger charge is -2.37. The van der Waals surface area contributed by atoms with E-state index in [0.29, 0.717) is 32.3 Å². The lowest BCUT2D eigenvalue weighted by Crippen LogP contribution is -2.45. The molecule has 2 saturated heterocycles. The van der Waals surface area contributed by atoms with Gasteiger partial charge in [-0.1, -0.05) is 6.07 Å². The normalized spacial score (nSPS) is 22.6. The predicted octanol–water partition coefficient (Wildman–Crippen LogP) is 1.94. The van der Waals surface area contributed by atoms with E-state index in [1.807, 2.05) is 0 Å². The van der Waals surface area contributed by atoms with E-state index in [1.165, 1.54) is 39.4 Å². The number of hydrogen-bond acceptors (Lipinski definition) is 6. The molecule has 9 heteroatoms. The molecule has 0 radical (unpaired) electrons. The summed E-state index contributed by atoms with van der Waals surface area (Å²) in [4.78, 5) is 4.33. The monoisotopic (exact) mass is 415 g/mol. The van der Waals surface area contributed by atoms with Gasteiger partial charge in [0.15, 0.2) is 0 Å². The fourth-order valence-electron chi connectivity index (χ4n) is 5.35. The SMILES string of the molecule is O=S(=O)(c1nc(Nc2c3c(cc4c2CCC4)CCC3)n[nH]1)N1CCC2(COC2)C1. The number of sulfonamides is 1. The first-order valence-corrected chi connectivity index (χ1v) is 11.9. The van der Waals surface area contributed by atoms with Crippen LogP contribution in [0.15, 0.2) is 11.2 Å². The molecular formula is C20H25N5O3S. The van der Waals surface area contributed by atoms with E-state index in [-0.39, 0.29) is 10.6 Å². The summed E-state index contributed by atoms with van der Waals surface area (Å²) in [6.45, 7) is 2.30. The molecule has 2 aromatic rings. The van der Waals surface area contributed by atoms with Crippen molar-refractivity contribution in [3.05, 3.63) is 28.3 Å². The van der Waals surface area contributed by atoms with Crippen molar-refractivity contribution in [1.29, 1.82) is 0 Å². The maximum Gasteiger partial charge on any atom is 0.278 e. The zero-order valence-corrected chi connectivity index (χ0v) is 17.1. The van der Waals surface area contributed by atoms with Gasteiger partial charge in [-0.2, -0.15) is 9.29 Å². The van der Waals surface area contributed by atoms with Gasteiger partial charge in [-0.15, -0.1) is 5.10 Å². The van der Waals surface area contributed by atoms with Crippen LogP contribution in [0.1, 0.15) is 41.5 Å². The standard InChI is InChI=1S/C20H25N5O3S/c26-29(27,25-8-7-20(10-25)11-28-12-20)19-22-18(23-24-19)21-17-15-5-1-3-13(15)9-14-4-2-6-16(14)17/h9H,1-8,10-12H2,(H2,21,22,23,24). The Morgan fingerprint density at radius 2 is 1.83 bits per heavy atom. The highest BCUT2D eigenvalue weighted by molar-refractivity contribution is 7.89. The fourth-order valence-corrected chi connectivity index (χ4v) is 6.73. The number of rotatable bonds is 4. The van der Waals surface area contributed by atoms with Gasteiger partial charge in [0.2, 0.25) is 5.95 Å². The average Bonchev–Trinajstić information content (AvgIpc) is 3.44. The molecule has 154 valence electrons. The van der Waals surface area contributed by atoms with Crippen LogP contribution >= 0.6 is 0 Å². The summed E-state index contributed by atoms with van der Waals surface area (Å²) < 4.78 is 32.9. The van der Waals surface area contributed by atoms with Crippen LogP contribution in [0.3, 0.4) is 0 Å². The number of aryl methyl sites for hydroxylation is 2. The summed E-state index contributed by atoms with van der Waals surface area (Å²) >= 11 is 0. The molecule has 0 unspecified atom stereocenters. The molecule has 3 heterocycles. The highest BCUT2D eigenvalue weighted by Gasteiger charge is 2.48. The van der Waals surface area contributed by atoms with Gasteiger partial charge in [0.05, 0.1) is 13.2 Å². The number of nitrogens with one attached hydrogen (secondary N) is 2. The summed E-state index contributed by atoms with van der Waals surface area (Å²) in [5.74, 6) is 0.332. The number of aromatic amines is 1. The summed E-state index contributed by atoms with van der Waals surface area (Å²) in [5, 5.41) is 10.1. The van der Waals surface area contributed by atoms with E-state index in [0.717, 1.165) is 37.8 Å². The van der Waals surface area contributed by atoms with Crippen LogP contribution in [0.4, 0.5) is 11.6 Å². The predicted molar refractivity (Wildman–Crippen MR) is 107 cm³/mol. The highest BCUT2D eigenvalue weighted by atomic mass is 32.2. The Bertz CT molecular complexity index is 1060. The van der Waals surface area contributed by atoms with Gasteiger partial charge in [0.1, 0.15) is 0 Å². The Morgan fingerprint density at radius 3 is 2.45 bits per heavy atom. The van der Waals surface area contributed by atoms with Crippen LogP contribution in [0.2, 0.25) is 0 Å². The van der Waals surface area contributed by atoms with Crippen molar-refractivity contribution in [3.63, 3.8) is 0 Å². The van der Waals surface area contributed by atoms with Crippen molar-refractivity contribution in [2.24, 2.45) is 5.41 Å². The number of H-pyrrole nitrogens is 1.